The Labute approximate surface area is 172 Å². The molecule has 3 rings (SSSR count). The highest BCUT2D eigenvalue weighted by atomic mass is 16.6. The molecule has 2 amide bonds. The van der Waals surface area contributed by atoms with Gasteiger partial charge in [0, 0.05) is 35.7 Å². The van der Waals surface area contributed by atoms with Gasteiger partial charge in [-0.05, 0) is 75.6 Å². The van der Waals surface area contributed by atoms with Crippen molar-refractivity contribution in [3.05, 3.63) is 54.1 Å². The maximum Gasteiger partial charge on any atom is 0.412 e. The van der Waals surface area contributed by atoms with E-state index in [2.05, 4.69) is 22.5 Å². The van der Waals surface area contributed by atoms with Gasteiger partial charge in [-0.3, -0.25) is 10.1 Å². The van der Waals surface area contributed by atoms with E-state index in [0.29, 0.717) is 11.3 Å². The summed E-state index contributed by atoms with van der Waals surface area (Å²) in [5.41, 5.74) is 2.28. The summed E-state index contributed by atoms with van der Waals surface area (Å²) >= 11 is 0. The van der Waals surface area contributed by atoms with Gasteiger partial charge in [0.25, 0.3) is 5.91 Å². The molecule has 2 N–H and O–H groups in total. The van der Waals surface area contributed by atoms with E-state index < -0.39 is 11.7 Å². The highest BCUT2D eigenvalue weighted by Gasteiger charge is 2.19. The SMILES string of the molecule is CC1CCN(c2ccc(NC(=O)c3cccc(NC(=O)OC(C)(C)C)c3)cc2)C1. The fourth-order valence-electron chi connectivity index (χ4n) is 3.29. The van der Waals surface area contributed by atoms with Crippen molar-refractivity contribution in [1.29, 1.82) is 0 Å². The lowest BCUT2D eigenvalue weighted by Crippen LogP contribution is -2.27. The van der Waals surface area contributed by atoms with Gasteiger partial charge in [0.15, 0.2) is 0 Å². The number of hydrogen-bond donors (Lipinski definition) is 2. The maximum absolute atomic E-state index is 12.6. The van der Waals surface area contributed by atoms with Crippen LogP contribution in [0.3, 0.4) is 0 Å². The Kier molecular flexibility index (Phi) is 6.11. The molecule has 0 aromatic heterocycles. The normalized spacial score (nSPS) is 16.4. The number of nitrogens with one attached hydrogen (secondary N) is 2. The zero-order valence-corrected chi connectivity index (χ0v) is 17.5. The number of rotatable bonds is 4. The number of benzene rings is 2. The second kappa shape index (κ2) is 8.55. The van der Waals surface area contributed by atoms with E-state index in [-0.39, 0.29) is 5.91 Å². The molecule has 1 saturated heterocycles. The number of hydrogen-bond acceptors (Lipinski definition) is 4. The van der Waals surface area contributed by atoms with E-state index in [1.54, 1.807) is 45.0 Å². The Morgan fingerprint density at radius 2 is 1.76 bits per heavy atom. The number of amides is 2. The molecule has 0 aliphatic carbocycles. The topological polar surface area (TPSA) is 70.7 Å². The zero-order chi connectivity index (χ0) is 21.0. The summed E-state index contributed by atoms with van der Waals surface area (Å²) < 4.78 is 5.24. The minimum absolute atomic E-state index is 0.236. The quantitative estimate of drug-likeness (QED) is 0.753. The smallest absolute Gasteiger partial charge is 0.412 e. The summed E-state index contributed by atoms with van der Waals surface area (Å²) in [5, 5.41) is 5.56. The molecule has 1 unspecified atom stereocenters. The average Bonchev–Trinajstić information content (AvgIpc) is 3.07. The van der Waals surface area contributed by atoms with Crippen LogP contribution in [0.25, 0.3) is 0 Å². The second-order valence-corrected chi connectivity index (χ2v) is 8.55. The number of ether oxygens (including phenoxy) is 1. The standard InChI is InChI=1S/C23H29N3O3/c1-16-12-13-26(15-16)20-10-8-18(9-11-20)24-21(27)17-6-5-7-19(14-17)25-22(28)29-23(2,3)4/h5-11,14,16H,12-13,15H2,1-4H3,(H,24,27)(H,25,28). The van der Waals surface area contributed by atoms with Gasteiger partial charge in [-0.1, -0.05) is 13.0 Å². The van der Waals surface area contributed by atoms with Crippen LogP contribution in [0.4, 0.5) is 21.9 Å². The predicted octanol–water partition coefficient (Wildman–Crippen LogP) is 5.13. The van der Waals surface area contributed by atoms with Crippen LogP contribution >= 0.6 is 0 Å². The minimum atomic E-state index is -0.585. The Hall–Kier alpha value is -3.02. The number of nitrogens with zero attached hydrogens (tertiary/aromatic N) is 1. The molecule has 0 radical (unpaired) electrons. The summed E-state index contributed by atoms with van der Waals surface area (Å²) in [4.78, 5) is 26.9. The predicted molar refractivity (Wildman–Crippen MR) is 117 cm³/mol. The molecule has 0 saturated carbocycles. The van der Waals surface area contributed by atoms with Crippen molar-refractivity contribution in [1.82, 2.24) is 0 Å². The summed E-state index contributed by atoms with van der Waals surface area (Å²) in [6, 6.07) is 14.7. The molecule has 0 spiro atoms. The molecule has 1 aliphatic heterocycles. The van der Waals surface area contributed by atoms with Gasteiger partial charge in [-0.2, -0.15) is 0 Å². The fourth-order valence-corrected chi connectivity index (χ4v) is 3.29. The average molecular weight is 396 g/mol. The molecule has 1 fully saturated rings. The lowest BCUT2D eigenvalue weighted by Gasteiger charge is -2.19. The van der Waals surface area contributed by atoms with Crippen LogP contribution in [0, 0.1) is 5.92 Å². The van der Waals surface area contributed by atoms with Crippen LogP contribution in [0.15, 0.2) is 48.5 Å². The maximum atomic E-state index is 12.6. The third-order valence-electron chi connectivity index (χ3n) is 4.68. The van der Waals surface area contributed by atoms with Gasteiger partial charge in [0.05, 0.1) is 0 Å². The lowest BCUT2D eigenvalue weighted by atomic mass is 10.1. The van der Waals surface area contributed by atoms with E-state index >= 15 is 0 Å². The Balaban J connectivity index is 1.61. The van der Waals surface area contributed by atoms with Crippen LogP contribution in [-0.2, 0) is 4.74 Å². The molecular formula is C23H29N3O3. The van der Waals surface area contributed by atoms with Gasteiger partial charge < -0.3 is 15.0 Å². The molecule has 2 aromatic carbocycles. The number of carbonyl (C=O) groups is 2. The highest BCUT2D eigenvalue weighted by molar-refractivity contribution is 6.05. The van der Waals surface area contributed by atoms with Crippen LogP contribution in [0.5, 0.6) is 0 Å². The van der Waals surface area contributed by atoms with E-state index in [4.69, 9.17) is 4.74 Å². The molecule has 154 valence electrons. The molecule has 1 aliphatic rings. The minimum Gasteiger partial charge on any atom is -0.444 e. The van der Waals surface area contributed by atoms with Gasteiger partial charge in [-0.15, -0.1) is 0 Å². The highest BCUT2D eigenvalue weighted by Crippen LogP contribution is 2.25. The molecule has 2 aromatic rings. The van der Waals surface area contributed by atoms with Crippen molar-refractivity contribution < 1.29 is 14.3 Å². The van der Waals surface area contributed by atoms with Crippen molar-refractivity contribution in [2.24, 2.45) is 5.92 Å². The monoisotopic (exact) mass is 395 g/mol. The van der Waals surface area contributed by atoms with Crippen molar-refractivity contribution >= 4 is 29.1 Å². The zero-order valence-electron chi connectivity index (χ0n) is 17.5. The molecule has 6 nitrogen and oxygen atoms in total. The number of anilines is 3. The fraction of sp³-hybridized carbons (Fsp3) is 0.391. The molecule has 1 atom stereocenters. The Morgan fingerprint density at radius 3 is 2.38 bits per heavy atom. The number of carbonyl (C=O) groups excluding carboxylic acids is 2. The first-order valence-electron chi connectivity index (χ1n) is 9.96. The molecule has 1 heterocycles. The van der Waals surface area contributed by atoms with Crippen molar-refractivity contribution in [2.75, 3.05) is 28.6 Å². The van der Waals surface area contributed by atoms with E-state index in [1.807, 2.05) is 24.3 Å². The molecular weight excluding hydrogens is 366 g/mol. The second-order valence-electron chi connectivity index (χ2n) is 8.55. The largest absolute Gasteiger partial charge is 0.444 e. The van der Waals surface area contributed by atoms with Crippen LogP contribution in [0.2, 0.25) is 0 Å². The van der Waals surface area contributed by atoms with Crippen LogP contribution < -0.4 is 15.5 Å². The first-order chi connectivity index (χ1) is 13.7. The van der Waals surface area contributed by atoms with Crippen molar-refractivity contribution in [2.45, 2.75) is 39.7 Å². The molecule has 6 heteroatoms. The first kappa shape index (κ1) is 20.7. The summed E-state index contributed by atoms with van der Waals surface area (Å²) in [6.07, 6.45) is 0.661. The molecule has 0 bridgehead atoms. The van der Waals surface area contributed by atoms with Gasteiger partial charge in [0.2, 0.25) is 0 Å². The summed E-state index contributed by atoms with van der Waals surface area (Å²) in [7, 11) is 0. The van der Waals surface area contributed by atoms with Crippen molar-refractivity contribution in [3.63, 3.8) is 0 Å². The Morgan fingerprint density at radius 1 is 1.03 bits per heavy atom. The van der Waals surface area contributed by atoms with E-state index in [9.17, 15) is 9.59 Å². The third-order valence-corrected chi connectivity index (χ3v) is 4.68. The molecule has 29 heavy (non-hydrogen) atoms. The van der Waals surface area contributed by atoms with E-state index in [1.165, 1.54) is 12.1 Å². The van der Waals surface area contributed by atoms with Gasteiger partial charge in [0.1, 0.15) is 5.60 Å². The summed E-state index contributed by atoms with van der Waals surface area (Å²) in [5.74, 6) is 0.483. The van der Waals surface area contributed by atoms with Gasteiger partial charge >= 0.3 is 6.09 Å². The van der Waals surface area contributed by atoms with E-state index in [0.717, 1.165) is 24.7 Å². The third kappa shape index (κ3) is 5.98. The van der Waals surface area contributed by atoms with Crippen LogP contribution in [0.1, 0.15) is 44.5 Å². The van der Waals surface area contributed by atoms with Crippen LogP contribution in [-0.4, -0.2) is 30.7 Å². The first-order valence-corrected chi connectivity index (χ1v) is 9.96. The lowest BCUT2D eigenvalue weighted by molar-refractivity contribution is 0.0635. The summed E-state index contributed by atoms with van der Waals surface area (Å²) in [6.45, 7) is 9.80. The van der Waals surface area contributed by atoms with Gasteiger partial charge in [-0.25, -0.2) is 4.79 Å². The Bertz CT molecular complexity index is 872. The van der Waals surface area contributed by atoms with Crippen molar-refractivity contribution in [3.8, 4) is 0 Å².